The first-order valence-corrected chi connectivity index (χ1v) is 8.45. The van der Waals surface area contributed by atoms with Gasteiger partial charge < -0.3 is 19.4 Å². The molecule has 2 aromatic rings. The van der Waals surface area contributed by atoms with E-state index in [1.807, 2.05) is 30.3 Å². The molecule has 0 bridgehead atoms. The van der Waals surface area contributed by atoms with Gasteiger partial charge in [-0.2, -0.15) is 0 Å². The van der Waals surface area contributed by atoms with E-state index in [2.05, 4.69) is 5.32 Å². The zero-order valence-electron chi connectivity index (χ0n) is 14.0. The summed E-state index contributed by atoms with van der Waals surface area (Å²) >= 11 is 0. The lowest BCUT2D eigenvalue weighted by atomic mass is 10.2. The van der Waals surface area contributed by atoms with Gasteiger partial charge in [-0.25, -0.2) is 0 Å². The number of furan rings is 1. The van der Waals surface area contributed by atoms with E-state index < -0.39 is 6.04 Å². The lowest BCUT2D eigenvalue weighted by molar-refractivity contribution is -0.142. The van der Waals surface area contributed by atoms with Crippen LogP contribution < -0.4 is 5.32 Å². The smallest absolute Gasteiger partial charge is 0.249 e. The van der Waals surface area contributed by atoms with Crippen molar-refractivity contribution in [3.63, 3.8) is 0 Å². The van der Waals surface area contributed by atoms with Crippen molar-refractivity contribution in [1.82, 2.24) is 10.2 Å². The maximum Gasteiger partial charge on any atom is 0.249 e. The van der Waals surface area contributed by atoms with Crippen molar-refractivity contribution in [2.45, 2.75) is 32.0 Å². The maximum absolute atomic E-state index is 12.4. The highest BCUT2D eigenvalue weighted by Gasteiger charge is 2.33. The summed E-state index contributed by atoms with van der Waals surface area (Å²) in [5.41, 5.74) is 1.02. The van der Waals surface area contributed by atoms with Crippen LogP contribution in [-0.4, -0.2) is 35.9 Å². The highest BCUT2D eigenvalue weighted by molar-refractivity contribution is 5.88. The monoisotopic (exact) mass is 342 g/mol. The number of benzene rings is 1. The van der Waals surface area contributed by atoms with Gasteiger partial charge in [0.1, 0.15) is 18.4 Å². The second-order valence-corrected chi connectivity index (χ2v) is 6.02. The molecule has 1 atom stereocenters. The van der Waals surface area contributed by atoms with E-state index in [0.717, 1.165) is 12.0 Å². The van der Waals surface area contributed by atoms with Gasteiger partial charge in [0, 0.05) is 6.54 Å². The summed E-state index contributed by atoms with van der Waals surface area (Å²) in [5.74, 6) is 0.396. The molecule has 1 aliphatic rings. The van der Waals surface area contributed by atoms with Crippen LogP contribution in [0, 0.1) is 0 Å². The summed E-state index contributed by atoms with van der Waals surface area (Å²) in [4.78, 5) is 26.4. The normalized spacial score (nSPS) is 16.8. The Bertz CT molecular complexity index is 685. The summed E-state index contributed by atoms with van der Waals surface area (Å²) in [6, 6.07) is 12.8. The Balaban J connectivity index is 1.46. The van der Waals surface area contributed by atoms with Crippen molar-refractivity contribution in [2.24, 2.45) is 0 Å². The molecular formula is C19H22N2O4. The molecule has 6 nitrogen and oxygen atoms in total. The number of nitrogens with zero attached hydrogens (tertiary/aromatic N) is 1. The van der Waals surface area contributed by atoms with Gasteiger partial charge in [-0.1, -0.05) is 30.3 Å². The van der Waals surface area contributed by atoms with Gasteiger partial charge in [0.15, 0.2) is 0 Å². The molecule has 6 heteroatoms. The zero-order valence-corrected chi connectivity index (χ0v) is 14.0. The molecule has 1 unspecified atom stereocenters. The number of carbonyl (C=O) groups is 2. The van der Waals surface area contributed by atoms with Crippen molar-refractivity contribution >= 4 is 11.8 Å². The van der Waals surface area contributed by atoms with Gasteiger partial charge in [0.05, 0.1) is 19.4 Å². The SMILES string of the molecule is O=C(NCc1ccco1)C1CCCN1C(=O)COCc1ccccc1. The fourth-order valence-corrected chi connectivity index (χ4v) is 2.96. The number of amides is 2. The molecule has 0 aliphatic carbocycles. The minimum atomic E-state index is -0.428. The fraction of sp³-hybridized carbons (Fsp3) is 0.368. The highest BCUT2D eigenvalue weighted by Crippen LogP contribution is 2.18. The van der Waals surface area contributed by atoms with Gasteiger partial charge in [-0.05, 0) is 30.5 Å². The molecule has 132 valence electrons. The Labute approximate surface area is 146 Å². The van der Waals surface area contributed by atoms with E-state index in [4.69, 9.17) is 9.15 Å². The first kappa shape index (κ1) is 17.2. The molecule has 1 aromatic heterocycles. The third kappa shape index (κ3) is 4.70. The predicted octanol–water partition coefficient (Wildman–Crippen LogP) is 2.10. The second-order valence-electron chi connectivity index (χ2n) is 6.02. The van der Waals surface area contributed by atoms with E-state index >= 15 is 0 Å². The Morgan fingerprint density at radius 3 is 2.80 bits per heavy atom. The molecule has 2 heterocycles. The van der Waals surface area contributed by atoms with Crippen LogP contribution in [0.1, 0.15) is 24.2 Å². The second kappa shape index (κ2) is 8.48. The van der Waals surface area contributed by atoms with Crippen LogP contribution in [0.15, 0.2) is 53.1 Å². The number of hydrogen-bond donors (Lipinski definition) is 1. The van der Waals surface area contributed by atoms with Crippen LogP contribution in [0.4, 0.5) is 0 Å². The minimum Gasteiger partial charge on any atom is -0.467 e. The number of ether oxygens (including phenoxy) is 1. The van der Waals surface area contributed by atoms with Crippen molar-refractivity contribution in [2.75, 3.05) is 13.2 Å². The van der Waals surface area contributed by atoms with Crippen LogP contribution in [0.5, 0.6) is 0 Å². The van der Waals surface area contributed by atoms with E-state index in [-0.39, 0.29) is 18.4 Å². The van der Waals surface area contributed by atoms with E-state index in [1.165, 1.54) is 0 Å². The van der Waals surface area contributed by atoms with Crippen molar-refractivity contribution in [3.05, 3.63) is 60.1 Å². The lowest BCUT2D eigenvalue weighted by Crippen LogP contribution is -2.46. The van der Waals surface area contributed by atoms with Crippen LogP contribution >= 0.6 is 0 Å². The third-order valence-electron chi connectivity index (χ3n) is 4.23. The molecule has 3 rings (SSSR count). The van der Waals surface area contributed by atoms with Gasteiger partial charge in [0.2, 0.25) is 11.8 Å². The Morgan fingerprint density at radius 2 is 2.04 bits per heavy atom. The van der Waals surface area contributed by atoms with E-state index in [0.29, 0.717) is 31.9 Å². The van der Waals surface area contributed by atoms with Gasteiger partial charge >= 0.3 is 0 Å². The standard InChI is InChI=1S/C19H22N2O4/c22-18(14-24-13-15-6-2-1-3-7-15)21-10-4-9-17(21)19(23)20-12-16-8-5-11-25-16/h1-3,5-8,11,17H,4,9-10,12-14H2,(H,20,23). The topological polar surface area (TPSA) is 71.8 Å². The summed E-state index contributed by atoms with van der Waals surface area (Å²) < 4.78 is 10.7. The maximum atomic E-state index is 12.4. The fourth-order valence-electron chi connectivity index (χ4n) is 2.96. The van der Waals surface area contributed by atoms with Crippen molar-refractivity contribution < 1.29 is 18.7 Å². The molecule has 25 heavy (non-hydrogen) atoms. The summed E-state index contributed by atoms with van der Waals surface area (Å²) in [6.45, 7) is 1.29. The molecule has 2 amide bonds. The first-order chi connectivity index (χ1) is 12.2. The van der Waals surface area contributed by atoms with Crippen LogP contribution in [-0.2, 0) is 27.5 Å². The average Bonchev–Trinajstić information content (AvgIpc) is 3.32. The van der Waals surface area contributed by atoms with Crippen molar-refractivity contribution in [3.8, 4) is 0 Å². The number of nitrogens with one attached hydrogen (secondary N) is 1. The largest absolute Gasteiger partial charge is 0.467 e. The molecule has 0 spiro atoms. The number of likely N-dealkylation sites (tertiary alicyclic amines) is 1. The number of carbonyl (C=O) groups excluding carboxylic acids is 2. The molecule has 1 saturated heterocycles. The summed E-state index contributed by atoms with van der Waals surface area (Å²) in [5, 5.41) is 2.83. The lowest BCUT2D eigenvalue weighted by Gasteiger charge is -2.23. The molecular weight excluding hydrogens is 320 g/mol. The van der Waals surface area contributed by atoms with E-state index in [9.17, 15) is 9.59 Å². The molecule has 1 aliphatic heterocycles. The third-order valence-corrected chi connectivity index (χ3v) is 4.23. The Kier molecular flexibility index (Phi) is 5.85. The summed E-state index contributed by atoms with van der Waals surface area (Å²) in [7, 11) is 0. The van der Waals surface area contributed by atoms with Gasteiger partial charge in [-0.3, -0.25) is 9.59 Å². The van der Waals surface area contributed by atoms with Gasteiger partial charge in [0.25, 0.3) is 0 Å². The van der Waals surface area contributed by atoms with Crippen LogP contribution in [0.2, 0.25) is 0 Å². The zero-order chi connectivity index (χ0) is 17.5. The Morgan fingerprint density at radius 1 is 1.20 bits per heavy atom. The van der Waals surface area contributed by atoms with Crippen LogP contribution in [0.25, 0.3) is 0 Å². The highest BCUT2D eigenvalue weighted by atomic mass is 16.5. The minimum absolute atomic E-state index is 0.0170. The van der Waals surface area contributed by atoms with E-state index in [1.54, 1.807) is 23.3 Å². The molecule has 0 radical (unpaired) electrons. The van der Waals surface area contributed by atoms with Gasteiger partial charge in [-0.15, -0.1) is 0 Å². The molecule has 1 N–H and O–H groups in total. The first-order valence-electron chi connectivity index (χ1n) is 8.45. The van der Waals surface area contributed by atoms with Crippen molar-refractivity contribution in [1.29, 1.82) is 0 Å². The van der Waals surface area contributed by atoms with Crippen LogP contribution in [0.3, 0.4) is 0 Å². The number of hydrogen-bond acceptors (Lipinski definition) is 4. The average molecular weight is 342 g/mol. The molecule has 0 saturated carbocycles. The predicted molar refractivity (Wildman–Crippen MR) is 91.4 cm³/mol. The number of rotatable bonds is 7. The Hall–Kier alpha value is -2.60. The molecule has 1 fully saturated rings. The quantitative estimate of drug-likeness (QED) is 0.836. The molecule has 1 aromatic carbocycles. The summed E-state index contributed by atoms with van der Waals surface area (Å²) in [6.07, 6.45) is 3.06.